The average molecular weight is 341 g/mol. The van der Waals surface area contributed by atoms with E-state index in [1.807, 2.05) is 0 Å². The van der Waals surface area contributed by atoms with Crippen molar-refractivity contribution in [2.45, 2.75) is 57.0 Å². The number of amides is 1. The average Bonchev–Trinajstić information content (AvgIpc) is 3.37. The molecule has 2 saturated heterocycles. The normalized spacial score (nSPS) is 26.9. The van der Waals surface area contributed by atoms with Gasteiger partial charge in [-0.15, -0.1) is 0 Å². The van der Waals surface area contributed by atoms with Crippen LogP contribution in [0.4, 0.5) is 0 Å². The molecule has 2 fully saturated rings. The van der Waals surface area contributed by atoms with Gasteiger partial charge in [0.25, 0.3) is 0 Å². The van der Waals surface area contributed by atoms with E-state index in [9.17, 15) is 4.79 Å². The van der Waals surface area contributed by atoms with Crippen molar-refractivity contribution in [3.05, 3.63) is 35.4 Å². The Bertz CT molecular complexity index is 570. The summed E-state index contributed by atoms with van der Waals surface area (Å²) in [5.74, 6) is 0.242. The van der Waals surface area contributed by atoms with E-state index in [0.29, 0.717) is 6.04 Å². The van der Waals surface area contributed by atoms with Crippen molar-refractivity contribution in [1.29, 1.82) is 0 Å². The Kier molecular flexibility index (Phi) is 5.37. The van der Waals surface area contributed by atoms with Crippen LogP contribution in [0, 0.1) is 0 Å². The first-order chi connectivity index (χ1) is 12.3. The fourth-order valence-electron chi connectivity index (χ4n) is 4.55. The Hall–Kier alpha value is -1.39. The van der Waals surface area contributed by atoms with E-state index >= 15 is 0 Å². The number of likely N-dealkylation sites (tertiary alicyclic amines) is 1. The lowest BCUT2D eigenvalue weighted by atomic mass is 10.1. The van der Waals surface area contributed by atoms with Crippen molar-refractivity contribution in [2.24, 2.45) is 0 Å². The number of rotatable bonds is 6. The van der Waals surface area contributed by atoms with Crippen LogP contribution in [0.2, 0.25) is 0 Å². The number of fused-ring (bicyclic) bond motifs is 1. The van der Waals surface area contributed by atoms with Gasteiger partial charge in [-0.1, -0.05) is 37.1 Å². The molecule has 2 heterocycles. The molecule has 0 radical (unpaired) electrons. The van der Waals surface area contributed by atoms with Gasteiger partial charge in [0.05, 0.1) is 0 Å². The molecule has 0 aromatic heterocycles. The third kappa shape index (κ3) is 4.24. The highest BCUT2D eigenvalue weighted by Gasteiger charge is 2.46. The molecule has 3 aliphatic rings. The molecule has 4 rings (SSSR count). The Balaban J connectivity index is 1.14. The van der Waals surface area contributed by atoms with Crippen LogP contribution in [0.15, 0.2) is 24.3 Å². The first-order valence-corrected chi connectivity index (χ1v) is 10.1. The summed E-state index contributed by atoms with van der Waals surface area (Å²) in [7, 11) is 0. The van der Waals surface area contributed by atoms with Crippen LogP contribution >= 0.6 is 0 Å². The first kappa shape index (κ1) is 17.0. The van der Waals surface area contributed by atoms with Gasteiger partial charge in [0, 0.05) is 19.1 Å². The molecule has 4 nitrogen and oxygen atoms in total. The van der Waals surface area contributed by atoms with Gasteiger partial charge in [0.1, 0.15) is 6.04 Å². The molecule has 0 spiro atoms. The SMILES string of the molecule is O=C(NCCCN1CCCCCC1)C1CN1C1Cc2ccccc2C1. The van der Waals surface area contributed by atoms with Crippen LogP contribution in [0.25, 0.3) is 0 Å². The Morgan fingerprint density at radius 3 is 2.40 bits per heavy atom. The van der Waals surface area contributed by atoms with E-state index in [0.717, 1.165) is 38.9 Å². The highest BCUT2D eigenvalue weighted by molar-refractivity contribution is 5.84. The maximum Gasteiger partial charge on any atom is 0.238 e. The van der Waals surface area contributed by atoms with E-state index < -0.39 is 0 Å². The van der Waals surface area contributed by atoms with Gasteiger partial charge < -0.3 is 10.2 Å². The molecule has 4 heteroatoms. The molecule has 136 valence electrons. The molecular weight excluding hydrogens is 310 g/mol. The zero-order valence-corrected chi connectivity index (χ0v) is 15.3. The molecule has 0 bridgehead atoms. The molecule has 1 aromatic rings. The monoisotopic (exact) mass is 341 g/mol. The summed E-state index contributed by atoms with van der Waals surface area (Å²) in [5, 5.41) is 3.17. The molecule has 1 aromatic carbocycles. The van der Waals surface area contributed by atoms with Gasteiger partial charge in [0.15, 0.2) is 0 Å². The number of benzene rings is 1. The summed E-state index contributed by atoms with van der Waals surface area (Å²) in [4.78, 5) is 17.3. The van der Waals surface area contributed by atoms with Gasteiger partial charge in [0.2, 0.25) is 5.91 Å². The molecular formula is C21H31N3O. The van der Waals surface area contributed by atoms with Crippen molar-refractivity contribution in [3.63, 3.8) is 0 Å². The largest absolute Gasteiger partial charge is 0.355 e. The molecule has 25 heavy (non-hydrogen) atoms. The van der Waals surface area contributed by atoms with Gasteiger partial charge >= 0.3 is 0 Å². The lowest BCUT2D eigenvalue weighted by Gasteiger charge is -2.19. The van der Waals surface area contributed by atoms with Crippen molar-refractivity contribution in [3.8, 4) is 0 Å². The fraction of sp³-hybridized carbons (Fsp3) is 0.667. The van der Waals surface area contributed by atoms with Crippen molar-refractivity contribution in [1.82, 2.24) is 15.1 Å². The summed E-state index contributed by atoms with van der Waals surface area (Å²) in [6, 6.07) is 9.37. The smallest absolute Gasteiger partial charge is 0.238 e. The van der Waals surface area contributed by atoms with E-state index in [-0.39, 0.29) is 11.9 Å². The van der Waals surface area contributed by atoms with Crippen LogP contribution in [0.5, 0.6) is 0 Å². The summed E-state index contributed by atoms with van der Waals surface area (Å²) >= 11 is 0. The lowest BCUT2D eigenvalue weighted by Crippen LogP contribution is -2.35. The minimum atomic E-state index is 0.123. The number of hydrogen-bond acceptors (Lipinski definition) is 3. The van der Waals surface area contributed by atoms with Gasteiger partial charge in [-0.2, -0.15) is 0 Å². The number of carbonyl (C=O) groups is 1. The molecule has 1 aliphatic carbocycles. The Morgan fingerprint density at radius 1 is 1.04 bits per heavy atom. The third-order valence-electron chi connectivity index (χ3n) is 6.10. The zero-order chi connectivity index (χ0) is 17.1. The molecule has 2 unspecified atom stereocenters. The second-order valence-electron chi connectivity index (χ2n) is 7.94. The van der Waals surface area contributed by atoms with E-state index in [1.54, 1.807) is 0 Å². The predicted molar refractivity (Wildman–Crippen MR) is 101 cm³/mol. The first-order valence-electron chi connectivity index (χ1n) is 10.1. The standard InChI is InChI=1S/C21H31N3O/c25-21(22-10-7-13-23-11-5-1-2-6-12-23)20-16-24(20)19-14-17-8-3-4-9-18(17)15-19/h3-4,8-9,19-20H,1-2,5-7,10-16H2,(H,22,25). The van der Waals surface area contributed by atoms with Crippen molar-refractivity contribution in [2.75, 3.05) is 32.7 Å². The fourth-order valence-corrected chi connectivity index (χ4v) is 4.55. The number of carbonyl (C=O) groups excluding carboxylic acids is 1. The summed E-state index contributed by atoms with van der Waals surface area (Å²) in [6.45, 7) is 5.38. The van der Waals surface area contributed by atoms with Crippen LogP contribution in [0.1, 0.15) is 43.2 Å². The van der Waals surface area contributed by atoms with Crippen molar-refractivity contribution < 1.29 is 4.79 Å². The van der Waals surface area contributed by atoms with E-state index in [2.05, 4.69) is 39.4 Å². The van der Waals surface area contributed by atoms with Crippen LogP contribution in [-0.2, 0) is 17.6 Å². The third-order valence-corrected chi connectivity index (χ3v) is 6.10. The molecule has 1 N–H and O–H groups in total. The highest BCUT2D eigenvalue weighted by Crippen LogP contribution is 2.32. The quantitative estimate of drug-likeness (QED) is 0.637. The second kappa shape index (κ2) is 7.88. The topological polar surface area (TPSA) is 35.4 Å². The van der Waals surface area contributed by atoms with Gasteiger partial charge in [-0.3, -0.25) is 9.69 Å². The number of hydrogen-bond donors (Lipinski definition) is 1. The minimum absolute atomic E-state index is 0.123. The Labute approximate surface area is 151 Å². The molecule has 2 aliphatic heterocycles. The van der Waals surface area contributed by atoms with E-state index in [4.69, 9.17) is 0 Å². The molecule has 1 amide bonds. The Morgan fingerprint density at radius 2 is 1.72 bits per heavy atom. The lowest BCUT2D eigenvalue weighted by molar-refractivity contribution is -0.121. The molecule has 2 atom stereocenters. The maximum absolute atomic E-state index is 12.4. The number of nitrogens with one attached hydrogen (secondary N) is 1. The van der Waals surface area contributed by atoms with Crippen LogP contribution in [-0.4, -0.2) is 60.5 Å². The number of nitrogens with zero attached hydrogens (tertiary/aromatic N) is 2. The van der Waals surface area contributed by atoms with Gasteiger partial charge in [-0.05, 0) is 62.9 Å². The summed E-state index contributed by atoms with van der Waals surface area (Å²) in [6.07, 6.45) is 8.74. The minimum Gasteiger partial charge on any atom is -0.355 e. The van der Waals surface area contributed by atoms with Crippen molar-refractivity contribution >= 4 is 5.91 Å². The van der Waals surface area contributed by atoms with Crippen LogP contribution in [0.3, 0.4) is 0 Å². The van der Waals surface area contributed by atoms with E-state index in [1.165, 1.54) is 49.9 Å². The summed E-state index contributed by atoms with van der Waals surface area (Å²) < 4.78 is 0. The van der Waals surface area contributed by atoms with Crippen LogP contribution < -0.4 is 5.32 Å². The zero-order valence-electron chi connectivity index (χ0n) is 15.3. The maximum atomic E-state index is 12.4. The second-order valence-corrected chi connectivity index (χ2v) is 7.94. The molecule has 0 saturated carbocycles. The van der Waals surface area contributed by atoms with Gasteiger partial charge in [-0.25, -0.2) is 0 Å². The summed E-state index contributed by atoms with van der Waals surface area (Å²) in [5.41, 5.74) is 2.94. The predicted octanol–water partition coefficient (Wildman–Crippen LogP) is 2.22. The highest BCUT2D eigenvalue weighted by atomic mass is 16.2.